The molecule has 0 spiro atoms. The van der Waals surface area contributed by atoms with Gasteiger partial charge in [0.2, 0.25) is 0 Å². The van der Waals surface area contributed by atoms with Crippen LogP contribution in [0.2, 0.25) is 0 Å². The molecule has 3 nitrogen and oxygen atoms in total. The highest BCUT2D eigenvalue weighted by atomic mass is 19.1. The van der Waals surface area contributed by atoms with Gasteiger partial charge in [0.1, 0.15) is 5.82 Å². The van der Waals surface area contributed by atoms with Gasteiger partial charge >= 0.3 is 0 Å². The molecule has 0 aliphatic carbocycles. The van der Waals surface area contributed by atoms with Crippen molar-refractivity contribution in [3.63, 3.8) is 0 Å². The number of nitrogens with two attached hydrogens (primary N) is 1. The van der Waals surface area contributed by atoms with Crippen LogP contribution >= 0.6 is 0 Å². The molecule has 0 aromatic heterocycles. The standard InChI is InChI=1S/C8H8FNO2/c9-7-3-1-6(2-4-7)8(10)12-5-11/h1-5,8H,10H2. The van der Waals surface area contributed by atoms with Gasteiger partial charge in [0.15, 0.2) is 6.23 Å². The first-order valence-electron chi connectivity index (χ1n) is 3.34. The quantitative estimate of drug-likeness (QED) is 0.541. The molecule has 0 saturated heterocycles. The Bertz CT molecular complexity index is 260. The zero-order chi connectivity index (χ0) is 8.97. The predicted molar refractivity (Wildman–Crippen MR) is 40.5 cm³/mol. The van der Waals surface area contributed by atoms with Crippen molar-refractivity contribution >= 4 is 6.47 Å². The molecule has 0 saturated carbocycles. The Morgan fingerprint density at radius 1 is 1.42 bits per heavy atom. The summed E-state index contributed by atoms with van der Waals surface area (Å²) in [6, 6.07) is 5.43. The third-order valence-corrected chi connectivity index (χ3v) is 1.40. The van der Waals surface area contributed by atoms with Crippen LogP contribution in [0.4, 0.5) is 4.39 Å². The third kappa shape index (κ3) is 2.03. The topological polar surface area (TPSA) is 52.3 Å². The Labute approximate surface area is 68.9 Å². The van der Waals surface area contributed by atoms with Gasteiger partial charge in [-0.3, -0.25) is 10.5 Å². The maximum Gasteiger partial charge on any atom is 0.294 e. The van der Waals surface area contributed by atoms with Crippen molar-refractivity contribution in [1.82, 2.24) is 0 Å². The van der Waals surface area contributed by atoms with Gasteiger partial charge in [-0.25, -0.2) is 4.39 Å². The summed E-state index contributed by atoms with van der Waals surface area (Å²) in [5, 5.41) is 0. The SMILES string of the molecule is NC(OC=O)c1ccc(F)cc1. The second-order valence-electron chi connectivity index (χ2n) is 2.20. The van der Waals surface area contributed by atoms with Crippen molar-refractivity contribution in [2.24, 2.45) is 5.73 Å². The first kappa shape index (κ1) is 8.67. The van der Waals surface area contributed by atoms with Crippen LogP contribution in [-0.4, -0.2) is 6.47 Å². The molecule has 1 aromatic rings. The molecule has 4 heteroatoms. The lowest BCUT2D eigenvalue weighted by atomic mass is 10.2. The van der Waals surface area contributed by atoms with Crippen LogP contribution in [0.25, 0.3) is 0 Å². The first-order valence-corrected chi connectivity index (χ1v) is 3.34. The molecule has 0 fully saturated rings. The summed E-state index contributed by atoms with van der Waals surface area (Å²) in [7, 11) is 0. The highest BCUT2D eigenvalue weighted by Gasteiger charge is 2.04. The third-order valence-electron chi connectivity index (χ3n) is 1.40. The minimum atomic E-state index is -0.817. The highest BCUT2D eigenvalue weighted by molar-refractivity contribution is 5.38. The van der Waals surface area contributed by atoms with Crippen LogP contribution in [0.5, 0.6) is 0 Å². The van der Waals surface area contributed by atoms with Crippen LogP contribution in [0.1, 0.15) is 11.8 Å². The molecule has 12 heavy (non-hydrogen) atoms. The van der Waals surface area contributed by atoms with Crippen LogP contribution in [0.3, 0.4) is 0 Å². The number of hydrogen-bond donors (Lipinski definition) is 1. The molecule has 1 rings (SSSR count). The monoisotopic (exact) mass is 169 g/mol. The average molecular weight is 169 g/mol. The van der Waals surface area contributed by atoms with E-state index in [1.54, 1.807) is 0 Å². The van der Waals surface area contributed by atoms with Gasteiger partial charge in [-0.2, -0.15) is 0 Å². The van der Waals surface area contributed by atoms with E-state index in [-0.39, 0.29) is 12.3 Å². The van der Waals surface area contributed by atoms with E-state index in [0.29, 0.717) is 5.56 Å². The second-order valence-corrected chi connectivity index (χ2v) is 2.20. The van der Waals surface area contributed by atoms with Gasteiger partial charge in [-0.05, 0) is 12.1 Å². The van der Waals surface area contributed by atoms with Crippen molar-refractivity contribution in [1.29, 1.82) is 0 Å². The number of halogens is 1. The number of carbonyl (C=O) groups excluding carboxylic acids is 1. The molecule has 0 heterocycles. The molecule has 0 radical (unpaired) electrons. The molecule has 1 atom stereocenters. The minimum absolute atomic E-state index is 0.258. The van der Waals surface area contributed by atoms with Gasteiger partial charge in [-0.15, -0.1) is 0 Å². The summed E-state index contributed by atoms with van der Waals surface area (Å²) in [5.41, 5.74) is 5.94. The molecule has 2 N–H and O–H groups in total. The highest BCUT2D eigenvalue weighted by Crippen LogP contribution is 2.10. The van der Waals surface area contributed by atoms with Gasteiger partial charge in [-0.1, -0.05) is 12.1 Å². The van der Waals surface area contributed by atoms with E-state index in [0.717, 1.165) is 0 Å². The maximum absolute atomic E-state index is 12.4. The van der Waals surface area contributed by atoms with E-state index in [1.165, 1.54) is 24.3 Å². The zero-order valence-electron chi connectivity index (χ0n) is 6.24. The first-order chi connectivity index (χ1) is 5.74. The smallest absolute Gasteiger partial charge is 0.294 e. The van der Waals surface area contributed by atoms with Crippen LogP contribution in [0, 0.1) is 5.82 Å². The van der Waals surface area contributed by atoms with E-state index >= 15 is 0 Å². The summed E-state index contributed by atoms with van der Waals surface area (Å²) < 4.78 is 16.8. The summed E-state index contributed by atoms with van der Waals surface area (Å²) in [6.45, 7) is 0.258. The predicted octanol–water partition coefficient (Wildman–Crippen LogP) is 0.956. The fourth-order valence-corrected chi connectivity index (χ4v) is 0.791. The van der Waals surface area contributed by atoms with Crippen molar-refractivity contribution in [2.45, 2.75) is 6.23 Å². The lowest BCUT2D eigenvalue weighted by Crippen LogP contribution is -2.13. The van der Waals surface area contributed by atoms with Crippen molar-refractivity contribution < 1.29 is 13.9 Å². The van der Waals surface area contributed by atoms with Crippen molar-refractivity contribution in [2.75, 3.05) is 0 Å². The van der Waals surface area contributed by atoms with Crippen LogP contribution in [-0.2, 0) is 9.53 Å². The largest absolute Gasteiger partial charge is 0.445 e. The van der Waals surface area contributed by atoms with Gasteiger partial charge in [0, 0.05) is 5.56 Å². The summed E-state index contributed by atoms with van der Waals surface area (Å²) in [4.78, 5) is 9.88. The van der Waals surface area contributed by atoms with Crippen molar-refractivity contribution in [3.8, 4) is 0 Å². The van der Waals surface area contributed by atoms with E-state index in [9.17, 15) is 9.18 Å². The van der Waals surface area contributed by atoms with E-state index in [2.05, 4.69) is 4.74 Å². The maximum atomic E-state index is 12.4. The Morgan fingerprint density at radius 3 is 2.50 bits per heavy atom. The number of ether oxygens (including phenoxy) is 1. The Morgan fingerprint density at radius 2 is 2.00 bits per heavy atom. The molecule has 0 aliphatic rings. The molecule has 1 unspecified atom stereocenters. The zero-order valence-corrected chi connectivity index (χ0v) is 6.24. The molecule has 1 aromatic carbocycles. The molecule has 0 bridgehead atoms. The Hall–Kier alpha value is -1.42. The lowest BCUT2D eigenvalue weighted by Gasteiger charge is -2.08. The van der Waals surface area contributed by atoms with Gasteiger partial charge in [0.25, 0.3) is 6.47 Å². The normalized spacial score (nSPS) is 12.2. The van der Waals surface area contributed by atoms with E-state index in [4.69, 9.17) is 5.73 Å². The number of rotatable bonds is 3. The molecular weight excluding hydrogens is 161 g/mol. The van der Waals surface area contributed by atoms with E-state index in [1.807, 2.05) is 0 Å². The van der Waals surface area contributed by atoms with Gasteiger partial charge < -0.3 is 4.74 Å². The number of hydrogen-bond acceptors (Lipinski definition) is 3. The molecule has 64 valence electrons. The fourth-order valence-electron chi connectivity index (χ4n) is 0.791. The number of carbonyl (C=O) groups is 1. The summed E-state index contributed by atoms with van der Waals surface area (Å²) in [6.07, 6.45) is -0.817. The second kappa shape index (κ2) is 3.82. The summed E-state index contributed by atoms with van der Waals surface area (Å²) >= 11 is 0. The van der Waals surface area contributed by atoms with Crippen LogP contribution in [0.15, 0.2) is 24.3 Å². The average Bonchev–Trinajstić information content (AvgIpc) is 2.06. The minimum Gasteiger partial charge on any atom is -0.445 e. The van der Waals surface area contributed by atoms with Crippen LogP contribution < -0.4 is 5.73 Å². The number of benzene rings is 1. The van der Waals surface area contributed by atoms with Gasteiger partial charge in [0.05, 0.1) is 0 Å². The van der Waals surface area contributed by atoms with E-state index < -0.39 is 6.23 Å². The lowest BCUT2D eigenvalue weighted by molar-refractivity contribution is -0.133. The molecular formula is C8H8FNO2. The fraction of sp³-hybridized carbons (Fsp3) is 0.125. The van der Waals surface area contributed by atoms with Crippen molar-refractivity contribution in [3.05, 3.63) is 35.6 Å². The molecule has 0 aliphatic heterocycles. The molecule has 0 amide bonds. The Kier molecular flexibility index (Phi) is 2.76. The Balaban J connectivity index is 2.74. The summed E-state index contributed by atoms with van der Waals surface area (Å²) in [5.74, 6) is -0.350.